The van der Waals surface area contributed by atoms with Crippen LogP contribution in [0.15, 0.2) is 0 Å². The zero-order valence-electron chi connectivity index (χ0n) is 11.1. The van der Waals surface area contributed by atoms with Gasteiger partial charge in [-0.05, 0) is 78.9 Å². The molecule has 0 nitrogen and oxygen atoms in total. The second-order valence-corrected chi connectivity index (χ2v) is 8.43. The minimum absolute atomic E-state index is 0.562. The van der Waals surface area contributed by atoms with Crippen LogP contribution in [-0.4, -0.2) is 0 Å². The van der Waals surface area contributed by atoms with Gasteiger partial charge in [-0.1, -0.05) is 20.8 Å². The predicted molar refractivity (Wildman–Crippen MR) is 67.0 cm³/mol. The third-order valence-electron chi connectivity index (χ3n) is 6.80. The van der Waals surface area contributed by atoms with Crippen LogP contribution in [0.5, 0.6) is 0 Å². The van der Waals surface area contributed by atoms with Gasteiger partial charge in [0.25, 0.3) is 0 Å². The summed E-state index contributed by atoms with van der Waals surface area (Å²) in [6.07, 6.45) is 9.51. The first-order valence-electron chi connectivity index (χ1n) is 7.53. The van der Waals surface area contributed by atoms with Crippen LogP contribution in [0, 0.1) is 40.4 Å². The molecule has 0 heterocycles. The van der Waals surface area contributed by atoms with Crippen molar-refractivity contribution in [2.45, 2.75) is 59.3 Å². The van der Waals surface area contributed by atoms with E-state index in [2.05, 4.69) is 20.8 Å². The molecule has 4 aliphatic carbocycles. The van der Waals surface area contributed by atoms with Crippen LogP contribution in [0.4, 0.5) is 0 Å². The molecule has 90 valence electrons. The van der Waals surface area contributed by atoms with E-state index in [0.717, 1.165) is 11.3 Å². The van der Waals surface area contributed by atoms with Gasteiger partial charge in [0, 0.05) is 0 Å². The van der Waals surface area contributed by atoms with Gasteiger partial charge in [-0.25, -0.2) is 0 Å². The van der Waals surface area contributed by atoms with Crippen molar-refractivity contribution in [1.82, 2.24) is 0 Å². The highest BCUT2D eigenvalue weighted by Crippen LogP contribution is 2.83. The summed E-state index contributed by atoms with van der Waals surface area (Å²) in [4.78, 5) is 0. The molecule has 16 heavy (non-hydrogen) atoms. The molecule has 4 aliphatic rings. The summed E-state index contributed by atoms with van der Waals surface area (Å²) in [6, 6.07) is 0. The smallest absolute Gasteiger partial charge is 0.0179 e. The lowest BCUT2D eigenvalue weighted by molar-refractivity contribution is -0.198. The van der Waals surface area contributed by atoms with Gasteiger partial charge in [0.15, 0.2) is 0 Å². The molecule has 0 saturated heterocycles. The second-order valence-electron chi connectivity index (χ2n) is 8.43. The van der Waals surface area contributed by atoms with Gasteiger partial charge in [-0.3, -0.25) is 0 Å². The van der Waals surface area contributed by atoms with E-state index in [1.807, 2.05) is 0 Å². The Bertz CT molecular complexity index is 297. The zero-order chi connectivity index (χ0) is 11.1. The highest BCUT2D eigenvalue weighted by Gasteiger charge is 2.76. The van der Waals surface area contributed by atoms with Crippen molar-refractivity contribution < 1.29 is 0 Å². The predicted octanol–water partition coefficient (Wildman–Crippen LogP) is 4.49. The van der Waals surface area contributed by atoms with E-state index in [0.29, 0.717) is 5.41 Å². The number of hydrogen-bond donors (Lipinski definition) is 0. The Balaban J connectivity index is 1.61. The highest BCUT2D eigenvalue weighted by atomic mass is 14.8. The summed E-state index contributed by atoms with van der Waals surface area (Å²) in [5.74, 6) is 5.83. The SMILES string of the molecule is CC(C)(C)CC1C2CCC3CC4CCC1C342. The molecule has 4 fully saturated rings. The Hall–Kier alpha value is 0. The maximum atomic E-state index is 2.44. The maximum Gasteiger partial charge on any atom is -0.0179 e. The van der Waals surface area contributed by atoms with Crippen LogP contribution in [0.1, 0.15) is 59.3 Å². The lowest BCUT2D eigenvalue weighted by Gasteiger charge is -2.67. The summed E-state index contributed by atoms with van der Waals surface area (Å²) in [5.41, 5.74) is 1.50. The van der Waals surface area contributed by atoms with Crippen LogP contribution in [-0.2, 0) is 0 Å². The van der Waals surface area contributed by atoms with E-state index in [1.54, 1.807) is 32.1 Å². The minimum Gasteiger partial charge on any atom is -0.0602 e. The Morgan fingerprint density at radius 2 is 1.50 bits per heavy atom. The Morgan fingerprint density at radius 3 is 2.00 bits per heavy atom. The first kappa shape index (κ1) is 9.97. The van der Waals surface area contributed by atoms with Crippen molar-refractivity contribution in [2.24, 2.45) is 40.4 Å². The molecule has 0 aliphatic heterocycles. The fourth-order valence-electron chi connectivity index (χ4n) is 6.73. The molecule has 0 N–H and O–H groups in total. The number of rotatable bonds is 1. The lowest BCUT2D eigenvalue weighted by Crippen LogP contribution is -2.62. The summed E-state index contributed by atoms with van der Waals surface area (Å²) in [7, 11) is 0. The molecule has 4 unspecified atom stereocenters. The van der Waals surface area contributed by atoms with Gasteiger partial charge in [0.2, 0.25) is 0 Å². The summed E-state index contributed by atoms with van der Waals surface area (Å²) in [6.45, 7) is 7.33. The lowest BCUT2D eigenvalue weighted by atomic mass is 9.37. The molecule has 0 aromatic carbocycles. The van der Waals surface area contributed by atoms with E-state index in [1.165, 1.54) is 30.1 Å². The van der Waals surface area contributed by atoms with Crippen molar-refractivity contribution in [3.63, 3.8) is 0 Å². The van der Waals surface area contributed by atoms with Crippen molar-refractivity contribution in [3.8, 4) is 0 Å². The summed E-state index contributed by atoms with van der Waals surface area (Å²) in [5, 5.41) is 0. The molecule has 0 aromatic heterocycles. The molecule has 4 saturated carbocycles. The average Bonchev–Trinajstić information content (AvgIpc) is 2.57. The fourth-order valence-corrected chi connectivity index (χ4v) is 6.73. The minimum atomic E-state index is 0.562. The van der Waals surface area contributed by atoms with Gasteiger partial charge in [-0.15, -0.1) is 0 Å². The average molecular weight is 218 g/mol. The topological polar surface area (TPSA) is 0 Å². The van der Waals surface area contributed by atoms with Crippen LogP contribution in [0.25, 0.3) is 0 Å². The molecular formula is C16H26. The first-order chi connectivity index (χ1) is 7.53. The standard InChI is InChI=1S/C16H26/c1-15(2,3)9-12-13-6-4-10-8-11-5-7-14(12)16(10,11)13/h10-14H,4-9H2,1-3H3. The number of hydrogen-bond acceptors (Lipinski definition) is 0. The van der Waals surface area contributed by atoms with E-state index >= 15 is 0 Å². The van der Waals surface area contributed by atoms with Gasteiger partial charge < -0.3 is 0 Å². The molecular weight excluding hydrogens is 192 g/mol. The molecule has 0 amide bonds. The van der Waals surface area contributed by atoms with E-state index in [4.69, 9.17) is 0 Å². The van der Waals surface area contributed by atoms with Crippen LogP contribution in [0.3, 0.4) is 0 Å². The van der Waals surface area contributed by atoms with Gasteiger partial charge >= 0.3 is 0 Å². The van der Waals surface area contributed by atoms with Crippen molar-refractivity contribution in [2.75, 3.05) is 0 Å². The molecule has 0 radical (unpaired) electrons. The van der Waals surface area contributed by atoms with Gasteiger partial charge in [0.05, 0.1) is 0 Å². The Labute approximate surface area is 100 Å². The monoisotopic (exact) mass is 218 g/mol. The quantitative estimate of drug-likeness (QED) is 0.608. The normalized spacial score (nSPS) is 57.6. The van der Waals surface area contributed by atoms with Gasteiger partial charge in [0.1, 0.15) is 0 Å². The zero-order valence-corrected chi connectivity index (χ0v) is 11.1. The molecule has 4 rings (SSSR count). The third kappa shape index (κ3) is 0.910. The van der Waals surface area contributed by atoms with Gasteiger partial charge in [-0.2, -0.15) is 0 Å². The van der Waals surface area contributed by atoms with E-state index in [-0.39, 0.29) is 0 Å². The van der Waals surface area contributed by atoms with Crippen molar-refractivity contribution >= 4 is 0 Å². The van der Waals surface area contributed by atoms with Crippen molar-refractivity contribution in [3.05, 3.63) is 0 Å². The third-order valence-corrected chi connectivity index (χ3v) is 6.80. The largest absolute Gasteiger partial charge is 0.0602 e. The molecule has 0 heteroatoms. The van der Waals surface area contributed by atoms with E-state index in [9.17, 15) is 0 Å². The Kier molecular flexibility index (Phi) is 1.68. The summed E-state index contributed by atoms with van der Waals surface area (Å²) >= 11 is 0. The summed E-state index contributed by atoms with van der Waals surface area (Å²) < 4.78 is 0. The highest BCUT2D eigenvalue weighted by molar-refractivity contribution is 5.24. The molecule has 4 atom stereocenters. The molecule has 0 aromatic rings. The second kappa shape index (κ2) is 2.70. The first-order valence-corrected chi connectivity index (χ1v) is 7.53. The van der Waals surface area contributed by atoms with Crippen LogP contribution >= 0.6 is 0 Å². The molecule has 0 bridgehead atoms. The van der Waals surface area contributed by atoms with Crippen LogP contribution < -0.4 is 0 Å². The molecule has 1 spiro atoms. The fraction of sp³-hybridized carbons (Fsp3) is 1.00. The van der Waals surface area contributed by atoms with Crippen LogP contribution in [0.2, 0.25) is 0 Å². The van der Waals surface area contributed by atoms with E-state index < -0.39 is 0 Å². The maximum absolute atomic E-state index is 2.44. The Morgan fingerprint density at radius 1 is 0.938 bits per heavy atom. The van der Waals surface area contributed by atoms with Crippen molar-refractivity contribution in [1.29, 1.82) is 0 Å².